The molecule has 2 heterocycles. The van der Waals surface area contributed by atoms with Crippen molar-refractivity contribution in [1.82, 2.24) is 4.90 Å². The number of ether oxygens (including phenoxy) is 2. The number of carbonyl (C=O) groups is 1. The average molecular weight is 421 g/mol. The van der Waals surface area contributed by atoms with Gasteiger partial charge in [0.15, 0.2) is 6.61 Å². The highest BCUT2D eigenvalue weighted by Gasteiger charge is 2.14. The summed E-state index contributed by atoms with van der Waals surface area (Å²) in [6.07, 6.45) is 6.09. The van der Waals surface area contributed by atoms with Crippen LogP contribution in [0.25, 0.3) is 0 Å². The molecule has 0 unspecified atom stereocenters. The van der Waals surface area contributed by atoms with E-state index < -0.39 is 5.91 Å². The lowest BCUT2D eigenvalue weighted by Crippen LogP contribution is -2.25. The molecular formula is C21H25ClN2O5. The monoisotopic (exact) mass is 420 g/mol. The Bertz CT molecular complexity index is 891. The molecule has 1 aliphatic heterocycles. The first-order valence-corrected chi connectivity index (χ1v) is 10.0. The lowest BCUT2D eigenvalue weighted by Gasteiger charge is -2.18. The number of hydrogen-bond acceptors (Lipinski definition) is 6. The van der Waals surface area contributed by atoms with Crippen molar-refractivity contribution in [3.05, 3.63) is 51.5 Å². The van der Waals surface area contributed by atoms with Crippen molar-refractivity contribution in [1.29, 1.82) is 0 Å². The SMILES string of the molecule is COc1ccc(Cl)cc1NC(=O)COc1coc(CN2CCCCCC2)cc1=O. The van der Waals surface area contributed by atoms with Crippen LogP contribution in [0.2, 0.25) is 5.02 Å². The van der Waals surface area contributed by atoms with Gasteiger partial charge in [0.05, 0.1) is 19.3 Å². The number of nitrogens with one attached hydrogen (secondary N) is 1. The Hall–Kier alpha value is -2.51. The van der Waals surface area contributed by atoms with E-state index in [1.807, 2.05) is 0 Å². The zero-order chi connectivity index (χ0) is 20.6. The van der Waals surface area contributed by atoms with Gasteiger partial charge in [-0.15, -0.1) is 0 Å². The summed E-state index contributed by atoms with van der Waals surface area (Å²) in [6.45, 7) is 2.28. The molecule has 1 saturated heterocycles. The molecule has 1 aromatic carbocycles. The minimum Gasteiger partial charge on any atom is -0.495 e. The minimum absolute atomic E-state index is 0.00201. The minimum atomic E-state index is -0.446. The van der Waals surface area contributed by atoms with Crippen molar-refractivity contribution in [3.63, 3.8) is 0 Å². The second-order valence-electron chi connectivity index (χ2n) is 6.95. The molecule has 3 rings (SSSR count). The second kappa shape index (κ2) is 10.3. The van der Waals surface area contributed by atoms with Gasteiger partial charge in [-0.3, -0.25) is 14.5 Å². The second-order valence-corrected chi connectivity index (χ2v) is 7.38. The number of halogens is 1. The summed E-state index contributed by atoms with van der Waals surface area (Å²) in [5, 5.41) is 3.11. The Labute approximate surface area is 174 Å². The smallest absolute Gasteiger partial charge is 0.262 e. The molecule has 7 nitrogen and oxygen atoms in total. The molecule has 8 heteroatoms. The highest BCUT2D eigenvalue weighted by atomic mass is 35.5. The van der Waals surface area contributed by atoms with Gasteiger partial charge in [-0.25, -0.2) is 0 Å². The zero-order valence-electron chi connectivity index (χ0n) is 16.4. The number of hydrogen-bond donors (Lipinski definition) is 1. The van der Waals surface area contributed by atoms with E-state index in [1.165, 1.54) is 32.3 Å². The molecule has 29 heavy (non-hydrogen) atoms. The van der Waals surface area contributed by atoms with Crippen LogP contribution in [0.3, 0.4) is 0 Å². The number of methoxy groups -OCH3 is 1. The number of amides is 1. The molecule has 0 atom stereocenters. The fourth-order valence-corrected chi connectivity index (χ4v) is 3.42. The van der Waals surface area contributed by atoms with Gasteiger partial charge >= 0.3 is 0 Å². The van der Waals surface area contributed by atoms with Gasteiger partial charge in [0, 0.05) is 11.1 Å². The van der Waals surface area contributed by atoms with Crippen LogP contribution in [0.1, 0.15) is 31.4 Å². The van der Waals surface area contributed by atoms with E-state index in [1.54, 1.807) is 18.2 Å². The molecule has 2 aromatic rings. The van der Waals surface area contributed by atoms with Crippen LogP contribution in [0.4, 0.5) is 5.69 Å². The maximum absolute atomic E-state index is 12.3. The zero-order valence-corrected chi connectivity index (χ0v) is 17.2. The summed E-state index contributed by atoms with van der Waals surface area (Å²) in [7, 11) is 1.49. The van der Waals surface area contributed by atoms with E-state index >= 15 is 0 Å². The first-order valence-electron chi connectivity index (χ1n) is 9.65. The van der Waals surface area contributed by atoms with E-state index in [0.717, 1.165) is 25.9 Å². The Morgan fingerprint density at radius 2 is 1.93 bits per heavy atom. The number of benzene rings is 1. The van der Waals surface area contributed by atoms with Gasteiger partial charge < -0.3 is 19.2 Å². The van der Waals surface area contributed by atoms with Crippen molar-refractivity contribution in [2.45, 2.75) is 32.2 Å². The molecule has 156 valence electrons. The van der Waals surface area contributed by atoms with Crippen LogP contribution < -0.4 is 20.2 Å². The first-order chi connectivity index (χ1) is 14.0. The standard InChI is InChI=1S/C21H25ClN2O5/c1-27-19-7-6-15(22)10-17(19)23-21(26)14-29-20-13-28-16(11-18(20)25)12-24-8-4-2-3-5-9-24/h6-7,10-11,13H,2-5,8-9,12,14H2,1H3,(H,23,26). The molecular weight excluding hydrogens is 396 g/mol. The molecule has 0 aliphatic carbocycles. The van der Waals surface area contributed by atoms with Crippen LogP contribution in [0.5, 0.6) is 11.5 Å². The van der Waals surface area contributed by atoms with E-state index in [9.17, 15) is 9.59 Å². The van der Waals surface area contributed by atoms with Crippen molar-refractivity contribution in [3.8, 4) is 11.5 Å². The molecule has 1 aromatic heterocycles. The molecule has 0 spiro atoms. The molecule has 1 N–H and O–H groups in total. The third-order valence-corrected chi connectivity index (χ3v) is 4.96. The van der Waals surface area contributed by atoms with E-state index in [0.29, 0.717) is 28.8 Å². The first kappa shape index (κ1) is 21.2. The number of likely N-dealkylation sites (tertiary alicyclic amines) is 1. The van der Waals surface area contributed by atoms with Gasteiger partial charge in [-0.1, -0.05) is 24.4 Å². The highest BCUT2D eigenvalue weighted by Crippen LogP contribution is 2.27. The average Bonchev–Trinajstić information content (AvgIpc) is 2.96. The molecule has 1 amide bonds. The summed E-state index contributed by atoms with van der Waals surface area (Å²) in [6, 6.07) is 6.31. The van der Waals surface area contributed by atoms with Crippen molar-refractivity contribution < 1.29 is 18.7 Å². The van der Waals surface area contributed by atoms with Crippen molar-refractivity contribution in [2.24, 2.45) is 0 Å². The Morgan fingerprint density at radius 3 is 2.62 bits per heavy atom. The van der Waals surface area contributed by atoms with Gasteiger partial charge in [0.2, 0.25) is 11.2 Å². The number of rotatable bonds is 7. The molecule has 0 radical (unpaired) electrons. The Morgan fingerprint density at radius 1 is 1.17 bits per heavy atom. The normalized spacial score (nSPS) is 14.8. The lowest BCUT2D eigenvalue weighted by molar-refractivity contribution is -0.118. The van der Waals surface area contributed by atoms with Crippen LogP contribution in [-0.2, 0) is 11.3 Å². The lowest BCUT2D eigenvalue weighted by atomic mass is 10.2. The Kier molecular flexibility index (Phi) is 7.55. The van der Waals surface area contributed by atoms with Gasteiger partial charge in [-0.2, -0.15) is 0 Å². The topological polar surface area (TPSA) is 81.0 Å². The van der Waals surface area contributed by atoms with E-state index in [-0.39, 0.29) is 17.8 Å². The summed E-state index contributed by atoms with van der Waals surface area (Å²) in [4.78, 5) is 26.7. The van der Waals surface area contributed by atoms with Crippen LogP contribution in [0.15, 0.2) is 39.7 Å². The molecule has 1 fully saturated rings. The maximum Gasteiger partial charge on any atom is 0.262 e. The summed E-state index contributed by atoms with van der Waals surface area (Å²) < 4.78 is 16.1. The van der Waals surface area contributed by atoms with Gasteiger partial charge in [-0.05, 0) is 44.1 Å². The summed E-state index contributed by atoms with van der Waals surface area (Å²) in [5.74, 6) is 0.619. The fraction of sp³-hybridized carbons (Fsp3) is 0.429. The predicted molar refractivity (Wildman–Crippen MR) is 111 cm³/mol. The summed E-state index contributed by atoms with van der Waals surface area (Å²) >= 11 is 5.95. The molecule has 0 bridgehead atoms. The third kappa shape index (κ3) is 6.24. The Balaban J connectivity index is 1.56. The number of anilines is 1. The van der Waals surface area contributed by atoms with E-state index in [2.05, 4.69) is 10.2 Å². The van der Waals surface area contributed by atoms with Crippen molar-refractivity contribution in [2.75, 3.05) is 32.1 Å². The quantitative estimate of drug-likeness (QED) is 0.735. The van der Waals surface area contributed by atoms with Gasteiger partial charge in [0.1, 0.15) is 17.8 Å². The fourth-order valence-electron chi connectivity index (χ4n) is 3.25. The summed E-state index contributed by atoms with van der Waals surface area (Å²) in [5.41, 5.74) is 0.114. The largest absolute Gasteiger partial charge is 0.495 e. The number of carbonyl (C=O) groups excluding carboxylic acids is 1. The van der Waals surface area contributed by atoms with Crippen LogP contribution in [0, 0.1) is 0 Å². The molecule has 1 aliphatic rings. The van der Waals surface area contributed by atoms with Gasteiger partial charge in [0.25, 0.3) is 5.91 Å². The number of nitrogens with zero attached hydrogens (tertiary/aromatic N) is 1. The van der Waals surface area contributed by atoms with Crippen molar-refractivity contribution >= 4 is 23.2 Å². The van der Waals surface area contributed by atoms with Crippen LogP contribution in [-0.4, -0.2) is 37.6 Å². The van der Waals surface area contributed by atoms with E-state index in [4.69, 9.17) is 25.5 Å². The predicted octanol–water partition coefficient (Wildman–Crippen LogP) is 3.70. The maximum atomic E-state index is 12.3. The third-order valence-electron chi connectivity index (χ3n) is 4.72. The van der Waals surface area contributed by atoms with Crippen LogP contribution >= 0.6 is 11.6 Å². The molecule has 0 saturated carbocycles. The highest BCUT2D eigenvalue weighted by molar-refractivity contribution is 6.31.